The van der Waals surface area contributed by atoms with Crippen molar-refractivity contribution in [2.75, 3.05) is 13.2 Å². The van der Waals surface area contributed by atoms with Crippen LogP contribution < -0.4 is 9.47 Å². The smallest absolute Gasteiger partial charge is 0.210 e. The second kappa shape index (κ2) is 4.08. The molecule has 1 aromatic heterocycles. The summed E-state index contributed by atoms with van der Waals surface area (Å²) in [5, 5.41) is 8.83. The van der Waals surface area contributed by atoms with E-state index in [1.807, 2.05) is 31.2 Å². The molecule has 1 N–H and O–H groups in total. The number of nitrogens with one attached hydrogen (secondary N) is 1. The predicted octanol–water partition coefficient (Wildman–Crippen LogP) is 2.03. The fourth-order valence-electron chi connectivity index (χ4n) is 1.99. The number of nitriles is 1. The van der Waals surface area contributed by atoms with Crippen LogP contribution in [-0.4, -0.2) is 23.2 Å². The third-order valence-corrected chi connectivity index (χ3v) is 2.81. The van der Waals surface area contributed by atoms with E-state index < -0.39 is 0 Å². The topological polar surface area (TPSA) is 70.9 Å². The molecule has 1 aliphatic heterocycles. The van der Waals surface area contributed by atoms with Crippen LogP contribution in [0.4, 0.5) is 0 Å². The number of benzene rings is 1. The second-order valence-electron chi connectivity index (χ2n) is 4.03. The number of aryl methyl sites for hydroxylation is 1. The summed E-state index contributed by atoms with van der Waals surface area (Å²) in [5.41, 5.74) is 2.54. The number of H-pyrrole nitrogens is 1. The first-order valence-corrected chi connectivity index (χ1v) is 5.64. The summed E-state index contributed by atoms with van der Waals surface area (Å²) in [4.78, 5) is 7.16. The highest BCUT2D eigenvalue weighted by Gasteiger charge is 2.15. The lowest BCUT2D eigenvalue weighted by atomic mass is 10.1. The van der Waals surface area contributed by atoms with E-state index in [1.165, 1.54) is 0 Å². The number of aromatic nitrogens is 2. The normalized spacial score (nSPS) is 13.1. The second-order valence-corrected chi connectivity index (χ2v) is 4.03. The van der Waals surface area contributed by atoms with Gasteiger partial charge in [0.15, 0.2) is 11.5 Å². The minimum Gasteiger partial charge on any atom is -0.486 e. The molecule has 0 atom stereocenters. The van der Waals surface area contributed by atoms with E-state index in [9.17, 15) is 0 Å². The van der Waals surface area contributed by atoms with Crippen molar-refractivity contribution in [2.24, 2.45) is 0 Å². The molecule has 90 valence electrons. The van der Waals surface area contributed by atoms with Crippen LogP contribution in [0.1, 0.15) is 11.5 Å². The maximum atomic E-state index is 8.83. The van der Waals surface area contributed by atoms with Gasteiger partial charge in [-0.05, 0) is 25.1 Å². The van der Waals surface area contributed by atoms with E-state index in [4.69, 9.17) is 14.7 Å². The van der Waals surface area contributed by atoms with Crippen molar-refractivity contribution >= 4 is 0 Å². The molecule has 18 heavy (non-hydrogen) atoms. The van der Waals surface area contributed by atoms with E-state index in [-0.39, 0.29) is 0 Å². The van der Waals surface area contributed by atoms with Crippen molar-refractivity contribution in [2.45, 2.75) is 6.92 Å². The van der Waals surface area contributed by atoms with E-state index in [1.54, 1.807) is 0 Å². The van der Waals surface area contributed by atoms with Crippen molar-refractivity contribution in [3.05, 3.63) is 29.7 Å². The van der Waals surface area contributed by atoms with Crippen LogP contribution in [0.25, 0.3) is 11.3 Å². The van der Waals surface area contributed by atoms with Crippen molar-refractivity contribution in [1.82, 2.24) is 9.97 Å². The first-order valence-electron chi connectivity index (χ1n) is 5.64. The molecule has 0 saturated carbocycles. The van der Waals surface area contributed by atoms with Crippen LogP contribution in [0.2, 0.25) is 0 Å². The van der Waals surface area contributed by atoms with E-state index >= 15 is 0 Å². The van der Waals surface area contributed by atoms with Crippen LogP contribution in [0, 0.1) is 18.3 Å². The minimum atomic E-state index is 0.317. The average molecular weight is 241 g/mol. The molecule has 0 radical (unpaired) electrons. The molecule has 2 aromatic rings. The van der Waals surface area contributed by atoms with Gasteiger partial charge < -0.3 is 14.5 Å². The third-order valence-electron chi connectivity index (χ3n) is 2.81. The SMILES string of the molecule is Cc1[nH]c(C#N)nc1-c1ccc2c(c1)OCCO2. The molecule has 5 heteroatoms. The van der Waals surface area contributed by atoms with Gasteiger partial charge in [0.05, 0.1) is 5.69 Å². The summed E-state index contributed by atoms with van der Waals surface area (Å²) in [6, 6.07) is 7.66. The summed E-state index contributed by atoms with van der Waals surface area (Å²) in [5.74, 6) is 1.79. The Balaban J connectivity index is 2.06. The maximum absolute atomic E-state index is 8.83. The van der Waals surface area contributed by atoms with E-state index in [0.29, 0.717) is 19.0 Å². The number of rotatable bonds is 1. The summed E-state index contributed by atoms with van der Waals surface area (Å²) >= 11 is 0. The number of fused-ring (bicyclic) bond motifs is 1. The van der Waals surface area contributed by atoms with Gasteiger partial charge in [0.25, 0.3) is 0 Å². The number of ether oxygens (including phenoxy) is 2. The Labute approximate surface area is 104 Å². The summed E-state index contributed by atoms with van der Waals surface area (Å²) in [6.07, 6.45) is 0. The number of nitrogens with zero attached hydrogens (tertiary/aromatic N) is 2. The zero-order chi connectivity index (χ0) is 12.5. The van der Waals surface area contributed by atoms with Gasteiger partial charge in [-0.15, -0.1) is 0 Å². The number of imidazole rings is 1. The molecule has 3 rings (SSSR count). The average Bonchev–Trinajstić information content (AvgIpc) is 2.79. The molecule has 0 unspecified atom stereocenters. The Bertz CT molecular complexity index is 640. The summed E-state index contributed by atoms with van der Waals surface area (Å²) < 4.78 is 11.0. The molecule has 0 aliphatic carbocycles. The Kier molecular flexibility index (Phi) is 2.41. The summed E-state index contributed by atoms with van der Waals surface area (Å²) in [6.45, 7) is 3.02. The molecule has 1 aliphatic rings. The van der Waals surface area contributed by atoms with Gasteiger partial charge in [-0.1, -0.05) is 0 Å². The highest BCUT2D eigenvalue weighted by atomic mass is 16.6. The van der Waals surface area contributed by atoms with Crippen LogP contribution >= 0.6 is 0 Å². The number of hydrogen-bond donors (Lipinski definition) is 1. The first-order chi connectivity index (χ1) is 8.78. The molecule has 2 heterocycles. The fourth-order valence-corrected chi connectivity index (χ4v) is 1.99. The Hall–Kier alpha value is -2.48. The molecule has 0 bridgehead atoms. The van der Waals surface area contributed by atoms with Gasteiger partial charge in [0, 0.05) is 11.3 Å². The van der Waals surface area contributed by atoms with Crippen LogP contribution in [0.15, 0.2) is 18.2 Å². The van der Waals surface area contributed by atoms with Crippen LogP contribution in [0.3, 0.4) is 0 Å². The van der Waals surface area contributed by atoms with Gasteiger partial charge in [0.1, 0.15) is 19.3 Å². The molecule has 0 spiro atoms. The number of hydrogen-bond acceptors (Lipinski definition) is 4. The largest absolute Gasteiger partial charge is 0.486 e. The fraction of sp³-hybridized carbons (Fsp3) is 0.231. The molecule has 0 saturated heterocycles. The molecular weight excluding hydrogens is 230 g/mol. The van der Waals surface area contributed by atoms with Gasteiger partial charge >= 0.3 is 0 Å². The highest BCUT2D eigenvalue weighted by molar-refractivity contribution is 5.66. The van der Waals surface area contributed by atoms with E-state index in [0.717, 1.165) is 28.5 Å². The zero-order valence-electron chi connectivity index (χ0n) is 9.86. The Morgan fingerprint density at radius 1 is 1.28 bits per heavy atom. The highest BCUT2D eigenvalue weighted by Crippen LogP contribution is 2.34. The van der Waals surface area contributed by atoms with Crippen LogP contribution in [0.5, 0.6) is 11.5 Å². The first kappa shape index (κ1) is 10.7. The lowest BCUT2D eigenvalue weighted by Gasteiger charge is -2.18. The lowest BCUT2D eigenvalue weighted by Crippen LogP contribution is -2.15. The minimum absolute atomic E-state index is 0.317. The monoisotopic (exact) mass is 241 g/mol. The maximum Gasteiger partial charge on any atom is 0.210 e. The molecule has 0 fully saturated rings. The molecule has 5 nitrogen and oxygen atoms in total. The third kappa shape index (κ3) is 1.68. The molecule has 0 amide bonds. The Morgan fingerprint density at radius 2 is 2.06 bits per heavy atom. The van der Waals surface area contributed by atoms with Crippen LogP contribution in [-0.2, 0) is 0 Å². The van der Waals surface area contributed by atoms with Crippen molar-refractivity contribution < 1.29 is 9.47 Å². The van der Waals surface area contributed by atoms with Crippen molar-refractivity contribution in [3.63, 3.8) is 0 Å². The van der Waals surface area contributed by atoms with Gasteiger partial charge in [-0.2, -0.15) is 5.26 Å². The van der Waals surface area contributed by atoms with Crippen molar-refractivity contribution in [3.8, 4) is 28.8 Å². The van der Waals surface area contributed by atoms with Gasteiger partial charge in [-0.3, -0.25) is 0 Å². The predicted molar refractivity (Wildman–Crippen MR) is 64.5 cm³/mol. The molecular formula is C13H11N3O2. The molecule has 1 aromatic carbocycles. The van der Waals surface area contributed by atoms with Gasteiger partial charge in [-0.25, -0.2) is 4.98 Å². The van der Waals surface area contributed by atoms with Gasteiger partial charge in [0.2, 0.25) is 5.82 Å². The standard InChI is InChI=1S/C13H11N3O2/c1-8-13(16-12(7-14)15-8)9-2-3-10-11(6-9)18-5-4-17-10/h2-3,6H,4-5H2,1H3,(H,15,16). The van der Waals surface area contributed by atoms with Crippen molar-refractivity contribution in [1.29, 1.82) is 5.26 Å². The Morgan fingerprint density at radius 3 is 2.78 bits per heavy atom. The summed E-state index contributed by atoms with van der Waals surface area (Å²) in [7, 11) is 0. The lowest BCUT2D eigenvalue weighted by molar-refractivity contribution is 0.171. The number of aromatic amines is 1. The quantitative estimate of drug-likeness (QED) is 0.829. The van der Waals surface area contributed by atoms with E-state index in [2.05, 4.69) is 9.97 Å². The zero-order valence-corrected chi connectivity index (χ0v) is 9.86.